The molecule has 0 fully saturated rings. The highest BCUT2D eigenvalue weighted by atomic mass is 35.5. The monoisotopic (exact) mass is 309 g/mol. The zero-order chi connectivity index (χ0) is 15.2. The minimum absolute atomic E-state index is 0.429. The summed E-state index contributed by atoms with van der Waals surface area (Å²) in [6, 6.07) is 2.46. The smallest absolute Gasteiger partial charge is 0.335 e. The highest BCUT2D eigenvalue weighted by Crippen LogP contribution is 2.17. The molecule has 0 saturated carbocycles. The summed E-state index contributed by atoms with van der Waals surface area (Å²) in [5.41, 5.74) is -1.42. The lowest BCUT2D eigenvalue weighted by molar-refractivity contribution is -0.384. The molecule has 0 aliphatic carbocycles. The first kappa shape index (κ1) is 16.8. The van der Waals surface area contributed by atoms with Crippen molar-refractivity contribution in [3.8, 4) is 0 Å². The minimum atomic E-state index is -1.42. The summed E-state index contributed by atoms with van der Waals surface area (Å²) in [5.74, 6) is -2.83. The average molecular weight is 310 g/mol. The summed E-state index contributed by atoms with van der Waals surface area (Å²) in [4.78, 5) is 39.6. The number of benzene rings is 1. The van der Waals surface area contributed by atoms with Crippen LogP contribution in [0.3, 0.4) is 0 Å². The maximum atomic E-state index is 10.5. The zero-order valence-electron chi connectivity index (χ0n) is 8.87. The van der Waals surface area contributed by atoms with Gasteiger partial charge < -0.3 is 10.2 Å². The molecule has 1 aromatic carbocycles. The number of carbonyl (C=O) groups excluding carboxylic acids is 1. The Labute approximate surface area is 115 Å². The molecule has 2 N–H and O–H groups in total. The Morgan fingerprint density at radius 2 is 1.32 bits per heavy atom. The summed E-state index contributed by atoms with van der Waals surface area (Å²) in [5, 5.41) is 27.5. The Morgan fingerprint density at radius 1 is 1.00 bits per heavy atom. The molecule has 0 unspecified atom stereocenters. The van der Waals surface area contributed by atoms with E-state index < -0.39 is 38.4 Å². The zero-order valence-corrected chi connectivity index (χ0v) is 10.4. The Bertz CT molecular complexity index is 460. The van der Waals surface area contributed by atoms with Crippen LogP contribution in [0.25, 0.3) is 0 Å². The van der Waals surface area contributed by atoms with Crippen molar-refractivity contribution < 1.29 is 29.5 Å². The molecule has 8 nitrogen and oxygen atoms in total. The average Bonchev–Trinajstić information content (AvgIpc) is 2.27. The third-order valence-electron chi connectivity index (χ3n) is 1.62. The number of non-ortho nitro benzene ring substituents is 1. The van der Waals surface area contributed by atoms with Gasteiger partial charge in [-0.15, -0.1) is 0 Å². The molecular weight excluding hydrogens is 305 g/mol. The van der Waals surface area contributed by atoms with E-state index in [4.69, 9.17) is 15.0 Å². The molecular formula is C9H5Cl2NO7. The number of halogens is 2. The van der Waals surface area contributed by atoms with Gasteiger partial charge in [0, 0.05) is 12.1 Å². The van der Waals surface area contributed by atoms with Crippen molar-refractivity contribution in [2.24, 2.45) is 0 Å². The van der Waals surface area contributed by atoms with Crippen molar-refractivity contribution in [2.75, 3.05) is 0 Å². The van der Waals surface area contributed by atoms with Crippen molar-refractivity contribution >= 4 is 45.5 Å². The molecule has 0 radical (unpaired) electrons. The fourth-order valence-corrected chi connectivity index (χ4v) is 0.964. The van der Waals surface area contributed by atoms with Gasteiger partial charge in [-0.25, -0.2) is 9.59 Å². The van der Waals surface area contributed by atoms with Gasteiger partial charge in [0.25, 0.3) is 5.69 Å². The second-order valence-corrected chi connectivity index (χ2v) is 3.74. The summed E-state index contributed by atoms with van der Waals surface area (Å²) >= 11 is 8.80. The fourth-order valence-electron chi connectivity index (χ4n) is 0.964. The van der Waals surface area contributed by atoms with Crippen molar-refractivity contribution in [1.29, 1.82) is 0 Å². The SMILES string of the molecule is O=C(Cl)Cl.O=C(O)c1cc(C(=O)O)cc([N+](=O)[O-])c1. The van der Waals surface area contributed by atoms with Crippen LogP contribution in [0.1, 0.15) is 20.7 Å². The predicted molar refractivity (Wildman–Crippen MR) is 64.1 cm³/mol. The van der Waals surface area contributed by atoms with E-state index in [1.807, 2.05) is 0 Å². The van der Waals surface area contributed by atoms with Crippen LogP contribution in [-0.4, -0.2) is 31.8 Å². The van der Waals surface area contributed by atoms with Crippen LogP contribution >= 0.6 is 23.2 Å². The molecule has 0 aliphatic rings. The third kappa shape index (κ3) is 6.34. The number of nitro groups is 1. The van der Waals surface area contributed by atoms with Gasteiger partial charge in [0.15, 0.2) is 0 Å². The molecule has 0 atom stereocenters. The molecule has 0 amide bonds. The Balaban J connectivity index is 0.000000711. The normalized spacial score (nSPS) is 8.95. The minimum Gasteiger partial charge on any atom is -0.478 e. The Morgan fingerprint density at radius 3 is 1.53 bits per heavy atom. The number of hydrogen-bond acceptors (Lipinski definition) is 5. The summed E-state index contributed by atoms with van der Waals surface area (Å²) in [6.07, 6.45) is 0. The van der Waals surface area contributed by atoms with Gasteiger partial charge in [0.05, 0.1) is 16.1 Å². The van der Waals surface area contributed by atoms with E-state index in [1.54, 1.807) is 0 Å². The number of rotatable bonds is 3. The highest BCUT2D eigenvalue weighted by molar-refractivity contribution is 6.93. The molecule has 0 saturated heterocycles. The number of carbonyl (C=O) groups is 3. The van der Waals surface area contributed by atoms with Gasteiger partial charge in [-0.3, -0.25) is 14.9 Å². The first-order valence-corrected chi connectivity index (χ1v) is 5.01. The fraction of sp³-hybridized carbons (Fsp3) is 0. The molecule has 0 bridgehead atoms. The molecule has 0 aromatic heterocycles. The number of carboxylic acid groups (broad SMARTS) is 2. The number of hydrogen-bond donors (Lipinski definition) is 2. The number of carboxylic acids is 2. The van der Waals surface area contributed by atoms with Gasteiger partial charge >= 0.3 is 16.6 Å². The molecule has 1 aromatic rings. The van der Waals surface area contributed by atoms with Crippen LogP contribution < -0.4 is 0 Å². The molecule has 102 valence electrons. The van der Waals surface area contributed by atoms with E-state index >= 15 is 0 Å². The van der Waals surface area contributed by atoms with Crippen LogP contribution in [-0.2, 0) is 0 Å². The molecule has 10 heteroatoms. The predicted octanol–water partition coefficient (Wildman–Crippen LogP) is 2.58. The van der Waals surface area contributed by atoms with Crippen LogP contribution in [0.2, 0.25) is 0 Å². The topological polar surface area (TPSA) is 135 Å². The van der Waals surface area contributed by atoms with Gasteiger partial charge in [-0.05, 0) is 29.3 Å². The molecule has 19 heavy (non-hydrogen) atoms. The summed E-state index contributed by atoms with van der Waals surface area (Å²) in [6.45, 7) is 0. The van der Waals surface area contributed by atoms with Crippen molar-refractivity contribution in [2.45, 2.75) is 0 Å². The highest BCUT2D eigenvalue weighted by Gasteiger charge is 2.16. The third-order valence-corrected chi connectivity index (χ3v) is 1.62. The van der Waals surface area contributed by atoms with Crippen molar-refractivity contribution in [1.82, 2.24) is 0 Å². The maximum Gasteiger partial charge on any atom is 0.335 e. The lowest BCUT2D eigenvalue weighted by Gasteiger charge is -1.98. The van der Waals surface area contributed by atoms with Crippen LogP contribution in [0, 0.1) is 10.1 Å². The van der Waals surface area contributed by atoms with E-state index in [0.717, 1.165) is 18.2 Å². The molecule has 0 spiro atoms. The molecule has 0 heterocycles. The van der Waals surface area contributed by atoms with Gasteiger partial charge in [0.2, 0.25) is 0 Å². The lowest BCUT2D eigenvalue weighted by atomic mass is 10.1. The number of nitrogens with zero attached hydrogens (tertiary/aromatic N) is 1. The first-order valence-electron chi connectivity index (χ1n) is 4.26. The van der Waals surface area contributed by atoms with E-state index in [-0.39, 0.29) is 0 Å². The van der Waals surface area contributed by atoms with E-state index in [9.17, 15) is 19.7 Å². The van der Waals surface area contributed by atoms with Crippen molar-refractivity contribution in [3.05, 3.63) is 39.4 Å². The van der Waals surface area contributed by atoms with Gasteiger partial charge in [-0.1, -0.05) is 0 Å². The van der Waals surface area contributed by atoms with Gasteiger partial charge in [0.1, 0.15) is 0 Å². The van der Waals surface area contributed by atoms with E-state index in [0.29, 0.717) is 0 Å². The van der Waals surface area contributed by atoms with Crippen LogP contribution in [0.4, 0.5) is 10.5 Å². The lowest BCUT2D eigenvalue weighted by Crippen LogP contribution is -2.04. The summed E-state index contributed by atoms with van der Waals surface area (Å²) < 4.78 is -0.889. The second kappa shape index (κ2) is 7.29. The standard InChI is InChI=1S/C8H5NO6.CCl2O/c10-7(11)4-1-5(8(12)13)3-6(2-4)9(14)15;2-1(3)4/h1-3H,(H,10,11)(H,12,13);. The quantitative estimate of drug-likeness (QED) is 0.497. The molecule has 0 aliphatic heterocycles. The van der Waals surface area contributed by atoms with Crippen LogP contribution in [0.5, 0.6) is 0 Å². The first-order chi connectivity index (χ1) is 8.65. The second-order valence-electron chi connectivity index (χ2n) is 2.86. The van der Waals surface area contributed by atoms with Crippen molar-refractivity contribution in [3.63, 3.8) is 0 Å². The molecule has 1 rings (SSSR count). The van der Waals surface area contributed by atoms with Gasteiger partial charge in [-0.2, -0.15) is 0 Å². The summed E-state index contributed by atoms with van der Waals surface area (Å²) in [7, 11) is 0. The number of nitro benzene ring substituents is 1. The van der Waals surface area contributed by atoms with E-state index in [1.165, 1.54) is 0 Å². The van der Waals surface area contributed by atoms with Crippen LogP contribution in [0.15, 0.2) is 18.2 Å². The maximum absolute atomic E-state index is 10.5. The Hall–Kier alpha value is -2.19. The Kier molecular flexibility index (Phi) is 6.45. The number of aromatic carboxylic acids is 2. The van der Waals surface area contributed by atoms with E-state index in [2.05, 4.69) is 23.2 Å². The largest absolute Gasteiger partial charge is 0.478 e.